The molecule has 0 aliphatic carbocycles. The zero-order valence-corrected chi connectivity index (χ0v) is 8.05. The maximum Gasteiger partial charge on any atom is 0.407 e. The van der Waals surface area contributed by atoms with Crippen LogP contribution < -0.4 is 0 Å². The molecule has 5 nitrogen and oxygen atoms in total. The fourth-order valence-corrected chi connectivity index (χ4v) is 1.96. The first kappa shape index (κ1) is 9.05. The minimum Gasteiger partial charge on any atom is -0.465 e. The van der Waals surface area contributed by atoms with Gasteiger partial charge in [0.25, 0.3) is 0 Å². The number of rotatable bonds is 1. The van der Waals surface area contributed by atoms with Gasteiger partial charge in [-0.2, -0.15) is 5.10 Å². The normalized spacial score (nSPS) is 21.5. The molecule has 1 unspecified atom stereocenters. The van der Waals surface area contributed by atoms with Gasteiger partial charge in [0, 0.05) is 37.9 Å². The Kier molecular flexibility index (Phi) is 2.15. The van der Waals surface area contributed by atoms with Gasteiger partial charge in [-0.25, -0.2) is 4.79 Å². The van der Waals surface area contributed by atoms with E-state index in [2.05, 4.69) is 5.10 Å². The van der Waals surface area contributed by atoms with E-state index in [1.807, 2.05) is 17.8 Å². The number of aromatic nitrogens is 2. The number of amides is 1. The summed E-state index contributed by atoms with van der Waals surface area (Å²) in [5, 5.41) is 12.9. The lowest BCUT2D eigenvalue weighted by Crippen LogP contribution is -2.26. The van der Waals surface area contributed by atoms with Gasteiger partial charge < -0.3 is 10.0 Å². The highest BCUT2D eigenvalue weighted by molar-refractivity contribution is 5.65. The molecule has 5 heteroatoms. The molecule has 1 amide bonds. The van der Waals surface area contributed by atoms with Crippen molar-refractivity contribution >= 4 is 6.09 Å². The van der Waals surface area contributed by atoms with E-state index in [0.717, 1.165) is 12.1 Å². The topological polar surface area (TPSA) is 58.4 Å². The van der Waals surface area contributed by atoms with Crippen molar-refractivity contribution in [3.63, 3.8) is 0 Å². The molecule has 1 fully saturated rings. The summed E-state index contributed by atoms with van der Waals surface area (Å²) < 4.78 is 1.82. The molecule has 1 aromatic rings. The number of likely N-dealkylation sites (tertiary alicyclic amines) is 1. The molecule has 14 heavy (non-hydrogen) atoms. The molecule has 0 bridgehead atoms. The van der Waals surface area contributed by atoms with Gasteiger partial charge in [0.1, 0.15) is 0 Å². The summed E-state index contributed by atoms with van der Waals surface area (Å²) in [5.41, 5.74) is 1.12. The predicted molar refractivity (Wildman–Crippen MR) is 50.2 cm³/mol. The number of aryl methyl sites for hydroxylation is 1. The third-order valence-corrected chi connectivity index (χ3v) is 2.74. The second-order valence-electron chi connectivity index (χ2n) is 3.59. The Hall–Kier alpha value is -1.52. The highest BCUT2D eigenvalue weighted by Crippen LogP contribution is 2.26. The molecule has 2 heterocycles. The largest absolute Gasteiger partial charge is 0.465 e. The molecule has 0 spiro atoms. The minimum atomic E-state index is -0.824. The van der Waals surface area contributed by atoms with Crippen LogP contribution in [0.1, 0.15) is 18.0 Å². The molecule has 2 rings (SSSR count). The summed E-state index contributed by atoms with van der Waals surface area (Å²) >= 11 is 0. The summed E-state index contributed by atoms with van der Waals surface area (Å²) in [7, 11) is 1.89. The summed E-state index contributed by atoms with van der Waals surface area (Å²) in [5.74, 6) is 0.304. The van der Waals surface area contributed by atoms with Crippen molar-refractivity contribution in [2.75, 3.05) is 13.1 Å². The minimum absolute atomic E-state index is 0.304. The van der Waals surface area contributed by atoms with Crippen LogP contribution in [-0.4, -0.2) is 39.0 Å². The number of nitrogens with zero attached hydrogens (tertiary/aromatic N) is 3. The van der Waals surface area contributed by atoms with Crippen LogP contribution in [0.25, 0.3) is 0 Å². The van der Waals surface area contributed by atoms with Crippen molar-refractivity contribution in [3.05, 3.63) is 18.0 Å². The monoisotopic (exact) mass is 195 g/mol. The fourth-order valence-electron chi connectivity index (χ4n) is 1.96. The van der Waals surface area contributed by atoms with Crippen LogP contribution in [0.2, 0.25) is 0 Å². The van der Waals surface area contributed by atoms with Crippen LogP contribution in [-0.2, 0) is 7.05 Å². The second-order valence-corrected chi connectivity index (χ2v) is 3.59. The van der Waals surface area contributed by atoms with Crippen molar-refractivity contribution in [1.29, 1.82) is 0 Å². The highest BCUT2D eigenvalue weighted by Gasteiger charge is 2.28. The van der Waals surface area contributed by atoms with Crippen LogP contribution in [0.5, 0.6) is 0 Å². The first-order valence-corrected chi connectivity index (χ1v) is 4.64. The standard InChI is InChI=1S/C9H13N3O2/c1-11-8(2-4-10-11)7-3-5-12(6-7)9(13)14/h2,4,7H,3,5-6H2,1H3,(H,13,14). The van der Waals surface area contributed by atoms with Crippen LogP contribution in [0.4, 0.5) is 4.79 Å². The van der Waals surface area contributed by atoms with Gasteiger partial charge >= 0.3 is 6.09 Å². The molecule has 1 atom stereocenters. The van der Waals surface area contributed by atoms with E-state index in [4.69, 9.17) is 5.11 Å². The summed E-state index contributed by atoms with van der Waals surface area (Å²) in [6.07, 6.45) is 1.82. The Balaban J connectivity index is 2.10. The molecular weight excluding hydrogens is 182 g/mol. The molecule has 1 saturated heterocycles. The lowest BCUT2D eigenvalue weighted by atomic mass is 10.1. The third-order valence-electron chi connectivity index (χ3n) is 2.74. The molecule has 1 aliphatic rings. The van der Waals surface area contributed by atoms with E-state index in [-0.39, 0.29) is 0 Å². The van der Waals surface area contributed by atoms with Crippen LogP contribution in [0.3, 0.4) is 0 Å². The van der Waals surface area contributed by atoms with Crippen molar-refractivity contribution in [1.82, 2.24) is 14.7 Å². The SMILES string of the molecule is Cn1nccc1C1CCN(C(=O)O)C1. The smallest absolute Gasteiger partial charge is 0.407 e. The van der Waals surface area contributed by atoms with Crippen molar-refractivity contribution < 1.29 is 9.90 Å². The fraction of sp³-hybridized carbons (Fsp3) is 0.556. The number of hydrogen-bond donors (Lipinski definition) is 1. The predicted octanol–water partition coefficient (Wildman–Crippen LogP) is 0.887. The molecule has 76 valence electrons. The Morgan fingerprint density at radius 2 is 2.50 bits per heavy atom. The van der Waals surface area contributed by atoms with E-state index in [1.165, 1.54) is 4.90 Å². The first-order valence-electron chi connectivity index (χ1n) is 4.64. The number of hydrogen-bond acceptors (Lipinski definition) is 2. The molecular formula is C9H13N3O2. The lowest BCUT2D eigenvalue weighted by Gasteiger charge is -2.12. The Labute approximate surface area is 81.9 Å². The van der Waals surface area contributed by atoms with Crippen LogP contribution in [0.15, 0.2) is 12.3 Å². The summed E-state index contributed by atoms with van der Waals surface area (Å²) in [4.78, 5) is 12.2. The van der Waals surface area contributed by atoms with E-state index >= 15 is 0 Å². The van der Waals surface area contributed by atoms with Crippen molar-refractivity contribution in [3.8, 4) is 0 Å². The van der Waals surface area contributed by atoms with Gasteiger partial charge in [0.15, 0.2) is 0 Å². The molecule has 0 aromatic carbocycles. The van der Waals surface area contributed by atoms with Gasteiger partial charge in [-0.1, -0.05) is 0 Å². The first-order chi connectivity index (χ1) is 6.68. The lowest BCUT2D eigenvalue weighted by molar-refractivity contribution is 0.155. The molecule has 1 aliphatic heterocycles. The third kappa shape index (κ3) is 1.45. The van der Waals surface area contributed by atoms with E-state index in [9.17, 15) is 4.79 Å². The van der Waals surface area contributed by atoms with Gasteiger partial charge in [-0.3, -0.25) is 4.68 Å². The Bertz CT molecular complexity index is 348. The van der Waals surface area contributed by atoms with Gasteiger partial charge in [0.05, 0.1) is 0 Å². The van der Waals surface area contributed by atoms with Crippen molar-refractivity contribution in [2.45, 2.75) is 12.3 Å². The van der Waals surface area contributed by atoms with E-state index in [1.54, 1.807) is 6.20 Å². The van der Waals surface area contributed by atoms with Crippen LogP contribution in [0, 0.1) is 0 Å². The molecule has 0 saturated carbocycles. The highest BCUT2D eigenvalue weighted by atomic mass is 16.4. The molecule has 1 aromatic heterocycles. The number of carboxylic acid groups (broad SMARTS) is 1. The van der Waals surface area contributed by atoms with Crippen LogP contribution >= 0.6 is 0 Å². The number of carbonyl (C=O) groups is 1. The molecule has 0 radical (unpaired) electrons. The maximum absolute atomic E-state index is 10.7. The van der Waals surface area contributed by atoms with Gasteiger partial charge in [-0.05, 0) is 12.5 Å². The van der Waals surface area contributed by atoms with E-state index < -0.39 is 6.09 Å². The molecule has 1 N–H and O–H groups in total. The zero-order valence-electron chi connectivity index (χ0n) is 8.05. The summed E-state index contributed by atoms with van der Waals surface area (Å²) in [6, 6.07) is 1.95. The maximum atomic E-state index is 10.7. The summed E-state index contributed by atoms with van der Waals surface area (Å²) in [6.45, 7) is 1.22. The average molecular weight is 195 g/mol. The zero-order chi connectivity index (χ0) is 10.1. The Morgan fingerprint density at radius 3 is 3.00 bits per heavy atom. The van der Waals surface area contributed by atoms with Gasteiger partial charge in [-0.15, -0.1) is 0 Å². The Morgan fingerprint density at radius 1 is 1.71 bits per heavy atom. The van der Waals surface area contributed by atoms with E-state index in [0.29, 0.717) is 19.0 Å². The quantitative estimate of drug-likeness (QED) is 0.723. The second kappa shape index (κ2) is 3.32. The van der Waals surface area contributed by atoms with Crippen molar-refractivity contribution in [2.24, 2.45) is 7.05 Å². The average Bonchev–Trinajstić information content (AvgIpc) is 2.71. The van der Waals surface area contributed by atoms with Gasteiger partial charge in [0.2, 0.25) is 0 Å².